The fourth-order valence-electron chi connectivity index (χ4n) is 4.14. The van der Waals surface area contributed by atoms with Crippen molar-refractivity contribution in [3.63, 3.8) is 0 Å². The first-order chi connectivity index (χ1) is 13.3. The van der Waals surface area contributed by atoms with Gasteiger partial charge in [0.05, 0.1) is 30.4 Å². The number of hydrogen-bond donors (Lipinski definition) is 0. The molecule has 1 atom stereocenters. The lowest BCUT2D eigenvalue weighted by Crippen LogP contribution is -2.51. The molecule has 7 heteroatoms. The minimum Gasteiger partial charge on any atom is -0.440 e. The van der Waals surface area contributed by atoms with Gasteiger partial charge in [-0.05, 0) is 38.5 Å². The number of rotatable bonds is 5. The molecule has 1 aliphatic rings. The van der Waals surface area contributed by atoms with Gasteiger partial charge in [-0.3, -0.25) is 4.48 Å². The van der Waals surface area contributed by atoms with Crippen molar-refractivity contribution >= 4 is 34.8 Å². The highest BCUT2D eigenvalue weighted by Crippen LogP contribution is 2.38. The Bertz CT molecular complexity index is 1080. The summed E-state index contributed by atoms with van der Waals surface area (Å²) in [7, 11) is 2.04. The molecule has 0 aliphatic heterocycles. The van der Waals surface area contributed by atoms with Gasteiger partial charge in [0.2, 0.25) is 5.71 Å². The lowest BCUT2D eigenvalue weighted by atomic mass is 10.1. The lowest BCUT2D eigenvalue weighted by Gasteiger charge is -2.31. The number of hydrogen-bond acceptors (Lipinski definition) is 3. The summed E-state index contributed by atoms with van der Waals surface area (Å²) in [6, 6.07) is 5.72. The predicted molar refractivity (Wildman–Crippen MR) is 111 cm³/mol. The van der Waals surface area contributed by atoms with Crippen molar-refractivity contribution in [2.45, 2.75) is 46.1 Å². The van der Waals surface area contributed by atoms with Gasteiger partial charge in [0.1, 0.15) is 11.5 Å². The average molecular weight is 421 g/mol. The third kappa shape index (κ3) is 2.97. The molecule has 28 heavy (non-hydrogen) atoms. The second-order valence-corrected chi connectivity index (χ2v) is 8.68. The summed E-state index contributed by atoms with van der Waals surface area (Å²) in [5.74, 6) is 0.747. The van der Waals surface area contributed by atoms with Gasteiger partial charge in [0.15, 0.2) is 5.56 Å². The number of carbonyl (C=O) groups excluding carboxylic acids is 1. The van der Waals surface area contributed by atoms with Crippen LogP contribution in [0.4, 0.5) is 0 Å². The zero-order valence-electron chi connectivity index (χ0n) is 16.6. The van der Waals surface area contributed by atoms with Gasteiger partial charge in [-0.2, -0.15) is 9.61 Å². The first-order valence-electron chi connectivity index (χ1n) is 9.62. The summed E-state index contributed by atoms with van der Waals surface area (Å²) in [5.41, 5.74) is 3.26. The summed E-state index contributed by atoms with van der Waals surface area (Å²) in [6.45, 7) is 6.65. The minimum absolute atomic E-state index is 0.0827. The molecule has 5 nitrogen and oxygen atoms in total. The van der Waals surface area contributed by atoms with Crippen molar-refractivity contribution in [3.05, 3.63) is 45.3 Å². The molecule has 0 bridgehead atoms. The zero-order valence-corrected chi connectivity index (χ0v) is 18.1. The average Bonchev–Trinajstić information content (AvgIpc) is 3.38. The Morgan fingerprint density at radius 1 is 1.32 bits per heavy atom. The Balaban J connectivity index is 1.88. The SMILES string of the molecule is CCC[N+](C)(C(=O)c1c(C)nn2c(-c3ccc(Cl)cc3Cl)c(C)oc12)C1CC1. The van der Waals surface area contributed by atoms with E-state index in [-0.39, 0.29) is 5.91 Å². The molecule has 0 saturated heterocycles. The van der Waals surface area contributed by atoms with Crippen LogP contribution in [-0.4, -0.2) is 39.6 Å². The van der Waals surface area contributed by atoms with E-state index in [4.69, 9.17) is 27.6 Å². The molecule has 3 aromatic rings. The van der Waals surface area contributed by atoms with Crippen molar-refractivity contribution in [3.8, 4) is 11.3 Å². The third-order valence-corrected chi connectivity index (χ3v) is 6.27. The molecule has 1 aliphatic carbocycles. The summed E-state index contributed by atoms with van der Waals surface area (Å²) < 4.78 is 8.18. The van der Waals surface area contributed by atoms with Crippen LogP contribution in [0.5, 0.6) is 0 Å². The number of amides is 1. The van der Waals surface area contributed by atoms with Gasteiger partial charge >= 0.3 is 5.91 Å². The first-order valence-corrected chi connectivity index (χ1v) is 10.4. The van der Waals surface area contributed by atoms with Crippen molar-refractivity contribution in [1.82, 2.24) is 9.61 Å². The molecule has 2 aromatic heterocycles. The maximum absolute atomic E-state index is 13.6. The van der Waals surface area contributed by atoms with E-state index in [1.54, 1.807) is 16.6 Å². The normalized spacial score (nSPS) is 16.5. The first kappa shape index (κ1) is 19.5. The van der Waals surface area contributed by atoms with Crippen LogP contribution in [0.1, 0.15) is 48.0 Å². The molecular weight excluding hydrogens is 397 g/mol. The number of halogens is 2. The monoisotopic (exact) mass is 420 g/mol. The van der Waals surface area contributed by atoms with E-state index >= 15 is 0 Å². The second kappa shape index (κ2) is 6.90. The molecule has 1 aromatic carbocycles. The van der Waals surface area contributed by atoms with Crippen LogP contribution in [0.2, 0.25) is 10.0 Å². The smallest absolute Gasteiger partial charge is 0.353 e. The fourth-order valence-corrected chi connectivity index (χ4v) is 4.64. The lowest BCUT2D eigenvalue weighted by molar-refractivity contribution is -0.840. The van der Waals surface area contributed by atoms with E-state index < -0.39 is 0 Å². The number of aryl methyl sites for hydroxylation is 2. The molecule has 2 heterocycles. The molecule has 0 radical (unpaired) electrons. The molecule has 1 saturated carbocycles. The molecular formula is C21H24Cl2N3O2+. The van der Waals surface area contributed by atoms with Crippen LogP contribution >= 0.6 is 23.2 Å². The van der Waals surface area contributed by atoms with Crippen LogP contribution in [0, 0.1) is 13.8 Å². The Hall–Kier alpha value is -1.82. The zero-order chi connectivity index (χ0) is 20.2. The van der Waals surface area contributed by atoms with Gasteiger partial charge in [-0.25, -0.2) is 4.79 Å². The van der Waals surface area contributed by atoms with Crippen molar-refractivity contribution in [1.29, 1.82) is 0 Å². The van der Waals surface area contributed by atoms with Gasteiger partial charge in [0, 0.05) is 23.4 Å². The van der Waals surface area contributed by atoms with Gasteiger partial charge in [0.25, 0.3) is 0 Å². The molecule has 148 valence electrons. The number of aromatic nitrogens is 2. The summed E-state index contributed by atoms with van der Waals surface area (Å²) in [5, 5.41) is 5.73. The predicted octanol–water partition coefficient (Wildman–Crippen LogP) is 5.68. The topological polar surface area (TPSA) is 47.5 Å². The van der Waals surface area contributed by atoms with Crippen molar-refractivity contribution in [2.24, 2.45) is 0 Å². The minimum atomic E-state index is 0.0827. The van der Waals surface area contributed by atoms with Gasteiger partial charge < -0.3 is 4.42 Å². The number of oxazole rings is 1. The Kier molecular flexibility index (Phi) is 4.81. The Morgan fingerprint density at radius 2 is 2.04 bits per heavy atom. The van der Waals surface area contributed by atoms with Gasteiger partial charge in [-0.1, -0.05) is 30.1 Å². The van der Waals surface area contributed by atoms with Crippen LogP contribution in [-0.2, 0) is 0 Å². The number of fused-ring (bicyclic) bond motifs is 1. The largest absolute Gasteiger partial charge is 0.440 e. The van der Waals surface area contributed by atoms with E-state index in [1.165, 1.54) is 0 Å². The molecule has 1 amide bonds. The summed E-state index contributed by atoms with van der Waals surface area (Å²) in [6.07, 6.45) is 3.13. The van der Waals surface area contributed by atoms with Crippen LogP contribution in [0.3, 0.4) is 0 Å². The standard InChI is InChI=1S/C21H24Cl2N3O2/c1-5-10-26(4,15-7-8-15)21(27)18-12(2)24-25-19(13(3)28-20(18)25)16-9-6-14(22)11-17(16)23/h6,9,11,15H,5,7-8,10H2,1-4H3/q+1. The second-order valence-electron chi connectivity index (χ2n) is 7.84. The summed E-state index contributed by atoms with van der Waals surface area (Å²) in [4.78, 5) is 13.6. The van der Waals surface area contributed by atoms with E-state index in [0.717, 1.165) is 37.1 Å². The molecule has 0 N–H and O–H groups in total. The highest BCUT2D eigenvalue weighted by Gasteiger charge is 2.48. The number of benzene rings is 1. The maximum atomic E-state index is 13.6. The number of quaternary nitrogens is 1. The van der Waals surface area contributed by atoms with Crippen molar-refractivity contribution in [2.75, 3.05) is 13.6 Å². The number of nitrogens with zero attached hydrogens (tertiary/aromatic N) is 3. The van der Waals surface area contributed by atoms with Crippen LogP contribution in [0.25, 0.3) is 17.0 Å². The molecule has 1 fully saturated rings. The third-order valence-electron chi connectivity index (χ3n) is 5.72. The highest BCUT2D eigenvalue weighted by molar-refractivity contribution is 6.36. The fraction of sp³-hybridized carbons (Fsp3) is 0.429. The van der Waals surface area contributed by atoms with Crippen molar-refractivity contribution < 1.29 is 13.7 Å². The Morgan fingerprint density at radius 3 is 2.64 bits per heavy atom. The van der Waals surface area contributed by atoms with Crippen LogP contribution in [0.15, 0.2) is 22.6 Å². The molecule has 1 unspecified atom stereocenters. The van der Waals surface area contributed by atoms with Gasteiger partial charge in [-0.15, -0.1) is 0 Å². The molecule has 4 rings (SSSR count). The highest BCUT2D eigenvalue weighted by atomic mass is 35.5. The number of carbonyl (C=O) groups is 1. The van der Waals surface area contributed by atoms with E-state index in [0.29, 0.717) is 43.3 Å². The molecule has 0 spiro atoms. The quantitative estimate of drug-likeness (QED) is 0.498. The van der Waals surface area contributed by atoms with Crippen LogP contribution < -0.4 is 0 Å². The van der Waals surface area contributed by atoms with E-state index in [9.17, 15) is 4.79 Å². The van der Waals surface area contributed by atoms with E-state index in [1.807, 2.05) is 27.0 Å². The summed E-state index contributed by atoms with van der Waals surface area (Å²) >= 11 is 12.5. The maximum Gasteiger partial charge on any atom is 0.353 e. The van der Waals surface area contributed by atoms with E-state index in [2.05, 4.69) is 12.0 Å². The Labute approximate surface area is 174 Å².